The summed E-state index contributed by atoms with van der Waals surface area (Å²) in [6, 6.07) is 8.93. The highest BCUT2D eigenvalue weighted by Crippen LogP contribution is 2.17. The van der Waals surface area contributed by atoms with Gasteiger partial charge in [0.15, 0.2) is 0 Å². The lowest BCUT2D eigenvalue weighted by Crippen LogP contribution is -2.32. The molecule has 1 nitrogen and oxygen atoms in total. The van der Waals surface area contributed by atoms with Crippen molar-refractivity contribution in [3.8, 4) is 0 Å². The Morgan fingerprint density at radius 3 is 2.00 bits per heavy atom. The fraction of sp³-hybridized carbons (Fsp3) is 0.538. The molecule has 0 saturated heterocycles. The lowest BCUT2D eigenvalue weighted by atomic mass is 10.0. The van der Waals surface area contributed by atoms with Crippen LogP contribution in [0.4, 0.5) is 0 Å². The third kappa shape index (κ3) is 3.84. The molecule has 0 aromatic heterocycles. The van der Waals surface area contributed by atoms with E-state index in [-0.39, 0.29) is 0 Å². The molecule has 1 rings (SSSR count). The molecular formula is C13H20ClN. The smallest absolute Gasteiger partial charge is 0.0406 e. The molecule has 0 amide bonds. The normalized spacial score (nSPS) is 15.3. The SMILES string of the molecule is CC(C)[C@H](C)N[C@H](C)c1ccc(Cl)cc1. The highest BCUT2D eigenvalue weighted by Gasteiger charge is 2.11. The van der Waals surface area contributed by atoms with Gasteiger partial charge in [0.25, 0.3) is 0 Å². The fourth-order valence-corrected chi connectivity index (χ4v) is 1.56. The van der Waals surface area contributed by atoms with Gasteiger partial charge >= 0.3 is 0 Å². The standard InChI is InChI=1S/C13H20ClN/c1-9(2)10(3)15-11(4)12-5-7-13(14)8-6-12/h5-11,15H,1-4H3/t10-,11+/m0/s1. The van der Waals surface area contributed by atoms with Gasteiger partial charge in [-0.2, -0.15) is 0 Å². The summed E-state index contributed by atoms with van der Waals surface area (Å²) in [6.07, 6.45) is 0. The second-order valence-electron chi connectivity index (χ2n) is 4.47. The molecule has 0 saturated carbocycles. The van der Waals surface area contributed by atoms with Gasteiger partial charge < -0.3 is 5.32 Å². The van der Waals surface area contributed by atoms with Crippen LogP contribution in [0.2, 0.25) is 5.02 Å². The predicted molar refractivity (Wildman–Crippen MR) is 67.3 cm³/mol. The van der Waals surface area contributed by atoms with Crippen LogP contribution in [0.15, 0.2) is 24.3 Å². The Morgan fingerprint density at radius 1 is 1.00 bits per heavy atom. The Labute approximate surface area is 97.8 Å². The summed E-state index contributed by atoms with van der Waals surface area (Å²) in [6.45, 7) is 8.86. The highest BCUT2D eigenvalue weighted by atomic mass is 35.5. The van der Waals surface area contributed by atoms with Gasteiger partial charge in [-0.25, -0.2) is 0 Å². The van der Waals surface area contributed by atoms with Gasteiger partial charge in [0.05, 0.1) is 0 Å². The van der Waals surface area contributed by atoms with Crippen LogP contribution in [0.5, 0.6) is 0 Å². The number of benzene rings is 1. The summed E-state index contributed by atoms with van der Waals surface area (Å²) in [5.41, 5.74) is 1.28. The van der Waals surface area contributed by atoms with Crippen LogP contribution < -0.4 is 5.32 Å². The van der Waals surface area contributed by atoms with E-state index < -0.39 is 0 Å². The first-order chi connectivity index (χ1) is 7.00. The quantitative estimate of drug-likeness (QED) is 0.816. The van der Waals surface area contributed by atoms with Gasteiger partial charge in [-0.1, -0.05) is 37.6 Å². The predicted octanol–water partition coefficient (Wildman–Crippen LogP) is 4.04. The van der Waals surface area contributed by atoms with Crippen molar-refractivity contribution in [3.05, 3.63) is 34.9 Å². The molecule has 0 aliphatic rings. The molecule has 0 aliphatic heterocycles. The second-order valence-corrected chi connectivity index (χ2v) is 4.91. The van der Waals surface area contributed by atoms with Crippen molar-refractivity contribution in [1.29, 1.82) is 0 Å². The maximum atomic E-state index is 5.85. The van der Waals surface area contributed by atoms with Crippen molar-refractivity contribution >= 4 is 11.6 Å². The Morgan fingerprint density at radius 2 is 1.53 bits per heavy atom. The Kier molecular flexibility index (Phi) is 4.62. The van der Waals surface area contributed by atoms with Crippen LogP contribution in [-0.4, -0.2) is 6.04 Å². The first-order valence-electron chi connectivity index (χ1n) is 5.52. The molecule has 0 spiro atoms. The van der Waals surface area contributed by atoms with Crippen LogP contribution in [0.1, 0.15) is 39.3 Å². The van der Waals surface area contributed by atoms with Gasteiger partial charge in [-0.05, 0) is 37.5 Å². The fourth-order valence-electron chi connectivity index (χ4n) is 1.43. The lowest BCUT2D eigenvalue weighted by molar-refractivity contribution is 0.389. The van der Waals surface area contributed by atoms with Gasteiger partial charge in [0, 0.05) is 17.1 Å². The molecular weight excluding hydrogens is 206 g/mol. The average Bonchev–Trinajstić information content (AvgIpc) is 2.18. The number of halogens is 1. The van der Waals surface area contributed by atoms with Crippen molar-refractivity contribution in [2.24, 2.45) is 5.92 Å². The molecule has 2 atom stereocenters. The minimum absolute atomic E-state index is 0.375. The summed E-state index contributed by atoms with van der Waals surface area (Å²) < 4.78 is 0. The molecule has 0 heterocycles. The Balaban J connectivity index is 2.61. The zero-order valence-electron chi connectivity index (χ0n) is 9.92. The summed E-state index contributed by atoms with van der Waals surface area (Å²) in [4.78, 5) is 0. The molecule has 0 aliphatic carbocycles. The van der Waals surface area contributed by atoms with Crippen LogP contribution in [0, 0.1) is 5.92 Å². The van der Waals surface area contributed by atoms with E-state index in [4.69, 9.17) is 11.6 Å². The maximum absolute atomic E-state index is 5.85. The first kappa shape index (κ1) is 12.5. The van der Waals surface area contributed by atoms with E-state index >= 15 is 0 Å². The van der Waals surface area contributed by atoms with Crippen LogP contribution in [0.3, 0.4) is 0 Å². The van der Waals surface area contributed by atoms with Gasteiger partial charge in [0.1, 0.15) is 0 Å². The van der Waals surface area contributed by atoms with E-state index in [1.54, 1.807) is 0 Å². The molecule has 84 valence electrons. The molecule has 15 heavy (non-hydrogen) atoms. The van der Waals surface area contributed by atoms with E-state index in [1.165, 1.54) is 5.56 Å². The van der Waals surface area contributed by atoms with Crippen LogP contribution in [0.25, 0.3) is 0 Å². The molecule has 1 aromatic rings. The number of rotatable bonds is 4. The molecule has 1 N–H and O–H groups in total. The van der Waals surface area contributed by atoms with Crippen molar-refractivity contribution in [2.45, 2.75) is 39.8 Å². The van der Waals surface area contributed by atoms with Crippen molar-refractivity contribution in [3.63, 3.8) is 0 Å². The summed E-state index contributed by atoms with van der Waals surface area (Å²) >= 11 is 5.85. The van der Waals surface area contributed by atoms with Gasteiger partial charge in [-0.3, -0.25) is 0 Å². The number of nitrogens with one attached hydrogen (secondary N) is 1. The van der Waals surface area contributed by atoms with E-state index in [1.807, 2.05) is 12.1 Å². The first-order valence-corrected chi connectivity index (χ1v) is 5.90. The third-order valence-electron chi connectivity index (χ3n) is 2.88. The van der Waals surface area contributed by atoms with E-state index in [0.717, 1.165) is 5.02 Å². The topological polar surface area (TPSA) is 12.0 Å². The van der Waals surface area contributed by atoms with Gasteiger partial charge in [-0.15, -0.1) is 0 Å². The zero-order valence-corrected chi connectivity index (χ0v) is 10.7. The zero-order chi connectivity index (χ0) is 11.4. The monoisotopic (exact) mass is 225 g/mol. The minimum Gasteiger partial charge on any atom is -0.307 e. The average molecular weight is 226 g/mol. The van der Waals surface area contributed by atoms with E-state index in [2.05, 4.69) is 45.1 Å². The highest BCUT2D eigenvalue weighted by molar-refractivity contribution is 6.30. The van der Waals surface area contributed by atoms with Crippen LogP contribution >= 0.6 is 11.6 Å². The third-order valence-corrected chi connectivity index (χ3v) is 3.13. The maximum Gasteiger partial charge on any atom is 0.0406 e. The summed E-state index contributed by atoms with van der Waals surface area (Å²) in [5, 5.41) is 4.37. The lowest BCUT2D eigenvalue weighted by Gasteiger charge is -2.23. The molecule has 0 unspecified atom stereocenters. The number of hydrogen-bond donors (Lipinski definition) is 1. The largest absolute Gasteiger partial charge is 0.307 e. The van der Waals surface area contributed by atoms with Crippen molar-refractivity contribution in [2.75, 3.05) is 0 Å². The Hall–Kier alpha value is -0.530. The molecule has 1 aromatic carbocycles. The molecule has 0 radical (unpaired) electrons. The molecule has 0 bridgehead atoms. The van der Waals surface area contributed by atoms with E-state index in [0.29, 0.717) is 18.0 Å². The van der Waals surface area contributed by atoms with Crippen molar-refractivity contribution in [1.82, 2.24) is 5.32 Å². The minimum atomic E-state index is 0.375. The second kappa shape index (κ2) is 5.53. The Bertz CT molecular complexity index is 292. The summed E-state index contributed by atoms with van der Waals surface area (Å²) in [7, 11) is 0. The van der Waals surface area contributed by atoms with Crippen molar-refractivity contribution < 1.29 is 0 Å². The molecule has 2 heteroatoms. The summed E-state index contributed by atoms with van der Waals surface area (Å²) in [5.74, 6) is 0.653. The van der Waals surface area contributed by atoms with Gasteiger partial charge in [0.2, 0.25) is 0 Å². The van der Waals surface area contributed by atoms with E-state index in [9.17, 15) is 0 Å². The number of hydrogen-bond acceptors (Lipinski definition) is 1. The molecule has 0 fully saturated rings. The van der Waals surface area contributed by atoms with Crippen LogP contribution in [-0.2, 0) is 0 Å².